The van der Waals surface area contributed by atoms with Gasteiger partial charge in [0.15, 0.2) is 0 Å². The van der Waals surface area contributed by atoms with Crippen molar-refractivity contribution in [3.8, 4) is 0 Å². The Kier molecular flexibility index (Phi) is 16.1. The highest BCUT2D eigenvalue weighted by Crippen LogP contribution is 2.27. The first-order valence-electron chi connectivity index (χ1n) is 13.0. The Labute approximate surface area is 229 Å². The lowest BCUT2D eigenvalue weighted by molar-refractivity contribution is -0.142. The molecule has 0 rings (SSSR count). The molecule has 0 aromatic carbocycles. The minimum Gasteiger partial charge on any atom is -0.480 e. The average molecular weight is 568 g/mol. The summed E-state index contributed by atoms with van der Waals surface area (Å²) in [6.07, 6.45) is -3.03. The number of carboxylic acid groups (broad SMARTS) is 1. The van der Waals surface area contributed by atoms with E-state index in [1.54, 1.807) is 13.8 Å². The molecule has 0 saturated carbocycles. The van der Waals surface area contributed by atoms with Crippen molar-refractivity contribution >= 4 is 17.8 Å². The van der Waals surface area contributed by atoms with E-state index in [9.17, 15) is 50.1 Å². The number of likely N-dealkylation sites (N-methyl/N-ethyl adjacent to an activating group) is 2. The molecular weight excluding hydrogens is 518 g/mol. The number of aliphatic hydroxyl groups is 6. The van der Waals surface area contributed by atoms with E-state index in [0.717, 1.165) is 0 Å². The standard InChI is InChI=1S/C24H49N5O10/c1-5-28(23(3,21(25)38)7-18(34)14-32)16(12-30)9-27(11-20(36)37)10-17(13-31)29(6-2)24(4,22(26)39)8-19(35)15-33/h16-19,30-35H,5-15H2,1-4H3,(H2,25,38)(H2,26,39)(H,36,37). The van der Waals surface area contributed by atoms with E-state index in [4.69, 9.17) is 11.5 Å². The number of aliphatic carboxylic acids is 1. The smallest absolute Gasteiger partial charge is 0.317 e. The van der Waals surface area contributed by atoms with Gasteiger partial charge in [-0.05, 0) is 26.9 Å². The number of hydrogen-bond donors (Lipinski definition) is 9. The molecule has 0 aliphatic heterocycles. The SMILES string of the molecule is CCN(C(CO)CN(CC(=O)O)CC(CO)N(CC)C(C)(CC(O)CO)C(N)=O)C(C)(CC(O)CO)C(N)=O. The third kappa shape index (κ3) is 10.2. The maximum Gasteiger partial charge on any atom is 0.317 e. The van der Waals surface area contributed by atoms with Gasteiger partial charge in [-0.15, -0.1) is 0 Å². The predicted molar refractivity (Wildman–Crippen MR) is 141 cm³/mol. The summed E-state index contributed by atoms with van der Waals surface area (Å²) < 4.78 is 0. The largest absolute Gasteiger partial charge is 0.480 e. The number of carbonyl (C=O) groups is 3. The maximum atomic E-state index is 12.5. The molecule has 6 atom stereocenters. The van der Waals surface area contributed by atoms with Crippen molar-refractivity contribution in [2.75, 3.05) is 59.2 Å². The van der Waals surface area contributed by atoms with E-state index in [1.165, 1.54) is 28.5 Å². The number of rotatable bonds is 22. The summed E-state index contributed by atoms with van der Waals surface area (Å²) in [4.78, 5) is 41.2. The Morgan fingerprint density at radius 2 is 1.05 bits per heavy atom. The zero-order valence-electron chi connectivity index (χ0n) is 23.4. The summed E-state index contributed by atoms with van der Waals surface area (Å²) >= 11 is 0. The minimum absolute atomic E-state index is 0.116. The second kappa shape index (κ2) is 17.0. The van der Waals surface area contributed by atoms with Crippen LogP contribution in [0.2, 0.25) is 0 Å². The Bertz CT molecular complexity index is 724. The molecule has 11 N–H and O–H groups in total. The van der Waals surface area contributed by atoms with Crippen LogP contribution in [0, 0.1) is 0 Å². The minimum atomic E-state index is -1.50. The fraction of sp³-hybridized carbons (Fsp3) is 0.875. The van der Waals surface area contributed by atoms with Crippen molar-refractivity contribution in [1.82, 2.24) is 14.7 Å². The molecule has 0 aromatic heterocycles. The number of amides is 2. The monoisotopic (exact) mass is 567 g/mol. The van der Waals surface area contributed by atoms with Crippen LogP contribution in [-0.4, -0.2) is 163 Å². The second-order valence-electron chi connectivity index (χ2n) is 10.2. The average Bonchev–Trinajstić information content (AvgIpc) is 2.86. The molecule has 0 saturated heterocycles. The van der Waals surface area contributed by atoms with E-state index in [1.807, 2.05) is 0 Å². The number of nitrogens with two attached hydrogens (primary N) is 2. The van der Waals surface area contributed by atoms with Crippen LogP contribution >= 0.6 is 0 Å². The fourth-order valence-electron chi connectivity index (χ4n) is 5.29. The number of carbonyl (C=O) groups excluding carboxylic acids is 2. The van der Waals surface area contributed by atoms with Gasteiger partial charge in [-0.2, -0.15) is 0 Å². The fourth-order valence-corrected chi connectivity index (χ4v) is 5.29. The number of nitrogens with zero attached hydrogens (tertiary/aromatic N) is 3. The third-order valence-electron chi connectivity index (χ3n) is 7.30. The lowest BCUT2D eigenvalue weighted by atomic mass is 9.89. The Hall–Kier alpha value is -1.95. The molecular formula is C24H49N5O10. The lowest BCUT2D eigenvalue weighted by Crippen LogP contribution is -2.65. The first-order valence-corrected chi connectivity index (χ1v) is 13.0. The maximum absolute atomic E-state index is 12.5. The van der Waals surface area contributed by atoms with Crippen molar-refractivity contribution in [2.45, 2.75) is 75.9 Å². The molecule has 0 aliphatic carbocycles. The van der Waals surface area contributed by atoms with Crippen molar-refractivity contribution in [1.29, 1.82) is 0 Å². The van der Waals surface area contributed by atoms with Gasteiger partial charge in [-0.1, -0.05) is 13.8 Å². The molecule has 15 heteroatoms. The van der Waals surface area contributed by atoms with Crippen molar-refractivity contribution in [3.63, 3.8) is 0 Å². The quantitative estimate of drug-likeness (QED) is 0.0601. The van der Waals surface area contributed by atoms with E-state index in [2.05, 4.69) is 0 Å². The first-order chi connectivity index (χ1) is 18.1. The van der Waals surface area contributed by atoms with E-state index in [0.29, 0.717) is 0 Å². The van der Waals surface area contributed by atoms with E-state index >= 15 is 0 Å². The van der Waals surface area contributed by atoms with E-state index in [-0.39, 0.29) is 39.0 Å². The Morgan fingerprint density at radius 3 is 1.26 bits per heavy atom. The molecule has 0 spiro atoms. The highest BCUT2D eigenvalue weighted by atomic mass is 16.4. The Balaban J connectivity index is 6.34. The number of carboxylic acids is 1. The molecule has 230 valence electrons. The van der Waals surface area contributed by atoms with Gasteiger partial charge in [0, 0.05) is 38.0 Å². The van der Waals surface area contributed by atoms with Crippen molar-refractivity contribution in [2.24, 2.45) is 11.5 Å². The summed E-state index contributed by atoms with van der Waals surface area (Å²) in [7, 11) is 0. The van der Waals surface area contributed by atoms with Crippen LogP contribution in [0.15, 0.2) is 0 Å². The number of primary amides is 2. The van der Waals surface area contributed by atoms with Gasteiger partial charge in [0.05, 0.1) is 45.2 Å². The topological polar surface area (TPSA) is 255 Å². The van der Waals surface area contributed by atoms with Gasteiger partial charge in [-0.3, -0.25) is 29.1 Å². The normalized spacial score (nSPS) is 18.4. The highest BCUT2D eigenvalue weighted by Gasteiger charge is 2.44. The van der Waals surface area contributed by atoms with Crippen LogP contribution < -0.4 is 11.5 Å². The second-order valence-corrected chi connectivity index (χ2v) is 10.2. The summed E-state index contributed by atoms with van der Waals surface area (Å²) in [6.45, 7) is 3.60. The van der Waals surface area contributed by atoms with Gasteiger partial charge in [-0.25, -0.2) is 0 Å². The lowest BCUT2D eigenvalue weighted by Gasteiger charge is -2.47. The molecule has 15 nitrogen and oxygen atoms in total. The van der Waals surface area contributed by atoms with Crippen LogP contribution in [0.4, 0.5) is 0 Å². The number of aliphatic hydroxyl groups excluding tert-OH is 6. The van der Waals surface area contributed by atoms with Gasteiger partial charge >= 0.3 is 5.97 Å². The zero-order valence-corrected chi connectivity index (χ0v) is 23.4. The zero-order chi connectivity index (χ0) is 30.6. The molecule has 0 radical (unpaired) electrons. The molecule has 0 aromatic rings. The first kappa shape index (κ1) is 37.0. The highest BCUT2D eigenvalue weighted by molar-refractivity contribution is 5.84. The van der Waals surface area contributed by atoms with Crippen LogP contribution in [0.3, 0.4) is 0 Å². The molecule has 0 heterocycles. The van der Waals surface area contributed by atoms with Crippen LogP contribution in [0.25, 0.3) is 0 Å². The van der Waals surface area contributed by atoms with Crippen molar-refractivity contribution < 1.29 is 50.1 Å². The number of hydrogen-bond acceptors (Lipinski definition) is 12. The molecule has 0 fully saturated rings. The molecule has 0 bridgehead atoms. The summed E-state index contributed by atoms with van der Waals surface area (Å²) in [5.41, 5.74) is 8.31. The molecule has 6 unspecified atom stereocenters. The molecule has 0 aliphatic rings. The Morgan fingerprint density at radius 1 is 0.718 bits per heavy atom. The van der Waals surface area contributed by atoms with Crippen LogP contribution in [0.5, 0.6) is 0 Å². The van der Waals surface area contributed by atoms with E-state index < -0.39 is 86.1 Å². The van der Waals surface area contributed by atoms with Gasteiger partial charge in [0.25, 0.3) is 0 Å². The van der Waals surface area contributed by atoms with Gasteiger partial charge in [0.2, 0.25) is 11.8 Å². The summed E-state index contributed by atoms with van der Waals surface area (Å²) in [5.74, 6) is -2.84. The summed E-state index contributed by atoms with van der Waals surface area (Å²) in [5, 5.41) is 68.8. The third-order valence-corrected chi connectivity index (χ3v) is 7.30. The van der Waals surface area contributed by atoms with Gasteiger partial charge < -0.3 is 47.2 Å². The van der Waals surface area contributed by atoms with Gasteiger partial charge in [0.1, 0.15) is 11.1 Å². The van der Waals surface area contributed by atoms with Crippen molar-refractivity contribution in [3.05, 3.63) is 0 Å². The van der Waals surface area contributed by atoms with Crippen LogP contribution in [-0.2, 0) is 14.4 Å². The predicted octanol–water partition coefficient (Wildman–Crippen LogP) is -4.29. The van der Waals surface area contributed by atoms with Crippen LogP contribution in [0.1, 0.15) is 40.5 Å². The summed E-state index contributed by atoms with van der Waals surface area (Å²) in [6, 6.07) is -1.71. The molecule has 2 amide bonds. The molecule has 39 heavy (non-hydrogen) atoms.